The molecule has 5 heteroatoms. The topological polar surface area (TPSA) is 49.4 Å². The van der Waals surface area contributed by atoms with Crippen LogP contribution in [0.4, 0.5) is 5.69 Å². The number of benzene rings is 1. The van der Waals surface area contributed by atoms with E-state index in [2.05, 4.69) is 28.2 Å². The van der Waals surface area contributed by atoms with Crippen LogP contribution in [0.1, 0.15) is 26.2 Å². The standard InChI is InChI=1S/C15H19BrN2O2/c1-2-3-8-18-10-11(9-14(18)19)15(20)17-13-6-4-12(16)5-7-13/h4-7,11H,2-3,8-10H2,1H3,(H,17,20)/t11-/m0/s1. The number of halogens is 1. The predicted molar refractivity (Wildman–Crippen MR) is 82.4 cm³/mol. The number of nitrogens with one attached hydrogen (secondary N) is 1. The number of hydrogen-bond acceptors (Lipinski definition) is 2. The first-order chi connectivity index (χ1) is 9.60. The Hall–Kier alpha value is -1.36. The van der Waals surface area contributed by atoms with Crippen molar-refractivity contribution in [3.05, 3.63) is 28.7 Å². The largest absolute Gasteiger partial charge is 0.342 e. The zero-order valence-corrected chi connectivity index (χ0v) is 13.1. The van der Waals surface area contributed by atoms with Crippen molar-refractivity contribution >= 4 is 33.4 Å². The second kappa shape index (κ2) is 6.88. The summed E-state index contributed by atoms with van der Waals surface area (Å²) in [6.45, 7) is 3.40. The number of rotatable bonds is 5. The summed E-state index contributed by atoms with van der Waals surface area (Å²) in [5, 5.41) is 2.87. The van der Waals surface area contributed by atoms with Crippen LogP contribution >= 0.6 is 15.9 Å². The summed E-state index contributed by atoms with van der Waals surface area (Å²) in [6, 6.07) is 7.44. The van der Waals surface area contributed by atoms with Gasteiger partial charge >= 0.3 is 0 Å². The van der Waals surface area contributed by atoms with Crippen LogP contribution in [0, 0.1) is 5.92 Å². The van der Waals surface area contributed by atoms with E-state index in [0.717, 1.165) is 29.5 Å². The summed E-state index contributed by atoms with van der Waals surface area (Å²) < 4.78 is 0.970. The summed E-state index contributed by atoms with van der Waals surface area (Å²) in [6.07, 6.45) is 2.37. The van der Waals surface area contributed by atoms with Crippen molar-refractivity contribution in [2.45, 2.75) is 26.2 Å². The summed E-state index contributed by atoms with van der Waals surface area (Å²) in [7, 11) is 0. The first-order valence-corrected chi connectivity index (χ1v) is 7.73. The minimum absolute atomic E-state index is 0.0697. The molecule has 1 aromatic carbocycles. The number of nitrogens with zero attached hydrogens (tertiary/aromatic N) is 1. The fourth-order valence-electron chi connectivity index (χ4n) is 2.29. The van der Waals surface area contributed by atoms with Gasteiger partial charge in [-0.2, -0.15) is 0 Å². The second-order valence-electron chi connectivity index (χ2n) is 5.09. The summed E-state index contributed by atoms with van der Waals surface area (Å²) in [5.74, 6) is -0.211. The summed E-state index contributed by atoms with van der Waals surface area (Å²) >= 11 is 3.35. The Morgan fingerprint density at radius 2 is 2.10 bits per heavy atom. The Kier molecular flexibility index (Phi) is 5.17. The molecule has 1 aliphatic heterocycles. The van der Waals surface area contributed by atoms with E-state index in [0.29, 0.717) is 13.0 Å². The van der Waals surface area contributed by atoms with Crippen LogP contribution < -0.4 is 5.32 Å². The second-order valence-corrected chi connectivity index (χ2v) is 6.01. The highest BCUT2D eigenvalue weighted by Gasteiger charge is 2.33. The maximum absolute atomic E-state index is 12.2. The molecule has 0 radical (unpaired) electrons. The van der Waals surface area contributed by atoms with Gasteiger partial charge in [-0.3, -0.25) is 9.59 Å². The Bertz CT molecular complexity index is 487. The fraction of sp³-hybridized carbons (Fsp3) is 0.467. The monoisotopic (exact) mass is 338 g/mol. The minimum Gasteiger partial charge on any atom is -0.342 e. The molecule has 0 bridgehead atoms. The van der Waals surface area contributed by atoms with Gasteiger partial charge in [0, 0.05) is 29.7 Å². The lowest BCUT2D eigenvalue weighted by Crippen LogP contribution is -2.29. The van der Waals surface area contributed by atoms with E-state index in [9.17, 15) is 9.59 Å². The maximum Gasteiger partial charge on any atom is 0.229 e. The molecule has 1 heterocycles. The van der Waals surface area contributed by atoms with Crippen LogP contribution in [0.3, 0.4) is 0 Å². The number of unbranched alkanes of at least 4 members (excludes halogenated alkanes) is 1. The Labute approximate surface area is 127 Å². The Morgan fingerprint density at radius 1 is 1.40 bits per heavy atom. The molecule has 2 amide bonds. The highest BCUT2D eigenvalue weighted by atomic mass is 79.9. The molecule has 1 N–H and O–H groups in total. The van der Waals surface area contributed by atoms with Gasteiger partial charge in [0.15, 0.2) is 0 Å². The van der Waals surface area contributed by atoms with E-state index in [4.69, 9.17) is 0 Å². The van der Waals surface area contributed by atoms with E-state index in [1.807, 2.05) is 24.3 Å². The molecule has 20 heavy (non-hydrogen) atoms. The molecule has 108 valence electrons. The number of carbonyl (C=O) groups is 2. The zero-order valence-electron chi connectivity index (χ0n) is 11.6. The number of amides is 2. The average Bonchev–Trinajstić information content (AvgIpc) is 2.80. The molecule has 1 aromatic rings. The van der Waals surface area contributed by atoms with Gasteiger partial charge in [-0.25, -0.2) is 0 Å². The number of carbonyl (C=O) groups excluding carboxylic acids is 2. The lowest BCUT2D eigenvalue weighted by Gasteiger charge is -2.15. The highest BCUT2D eigenvalue weighted by Crippen LogP contribution is 2.21. The molecule has 0 aliphatic carbocycles. The Balaban J connectivity index is 1.90. The van der Waals surface area contributed by atoms with Crippen LogP contribution in [0.5, 0.6) is 0 Å². The van der Waals surface area contributed by atoms with Crippen LogP contribution in [0.2, 0.25) is 0 Å². The van der Waals surface area contributed by atoms with Gasteiger partial charge in [0.25, 0.3) is 0 Å². The minimum atomic E-state index is -0.233. The summed E-state index contributed by atoms with van der Waals surface area (Å²) in [4.78, 5) is 25.8. The molecule has 1 saturated heterocycles. The van der Waals surface area contributed by atoms with Crippen molar-refractivity contribution in [3.63, 3.8) is 0 Å². The third-order valence-electron chi connectivity index (χ3n) is 3.48. The van der Waals surface area contributed by atoms with E-state index in [1.165, 1.54) is 0 Å². The molecule has 1 atom stereocenters. The summed E-state index contributed by atoms with van der Waals surface area (Å²) in [5.41, 5.74) is 0.762. The van der Waals surface area contributed by atoms with Crippen molar-refractivity contribution in [3.8, 4) is 0 Å². The SMILES string of the molecule is CCCCN1C[C@@H](C(=O)Nc2ccc(Br)cc2)CC1=O. The highest BCUT2D eigenvalue weighted by molar-refractivity contribution is 9.10. The molecule has 4 nitrogen and oxygen atoms in total. The molecule has 0 spiro atoms. The predicted octanol–water partition coefficient (Wildman–Crippen LogP) is 3.04. The quantitative estimate of drug-likeness (QED) is 0.896. The molecule has 2 rings (SSSR count). The van der Waals surface area contributed by atoms with Gasteiger partial charge in [0.1, 0.15) is 0 Å². The molecule has 0 unspecified atom stereocenters. The molecule has 1 fully saturated rings. The molecule has 0 saturated carbocycles. The van der Waals surface area contributed by atoms with Gasteiger partial charge < -0.3 is 10.2 Å². The first-order valence-electron chi connectivity index (χ1n) is 6.94. The lowest BCUT2D eigenvalue weighted by atomic mass is 10.1. The van der Waals surface area contributed by atoms with Gasteiger partial charge in [-0.1, -0.05) is 29.3 Å². The van der Waals surface area contributed by atoms with Crippen LogP contribution in [-0.2, 0) is 9.59 Å². The molecule has 1 aliphatic rings. The zero-order chi connectivity index (χ0) is 14.5. The van der Waals surface area contributed by atoms with Crippen LogP contribution in [0.25, 0.3) is 0 Å². The van der Waals surface area contributed by atoms with Gasteiger partial charge in [0.2, 0.25) is 11.8 Å². The molecule has 0 aromatic heterocycles. The third kappa shape index (κ3) is 3.82. The van der Waals surface area contributed by atoms with Crippen LogP contribution in [0.15, 0.2) is 28.7 Å². The fourth-order valence-corrected chi connectivity index (χ4v) is 2.55. The smallest absolute Gasteiger partial charge is 0.229 e. The Morgan fingerprint density at radius 3 is 2.75 bits per heavy atom. The van der Waals surface area contributed by atoms with Crippen molar-refractivity contribution < 1.29 is 9.59 Å². The van der Waals surface area contributed by atoms with Crippen molar-refractivity contribution in [2.75, 3.05) is 18.4 Å². The van der Waals surface area contributed by atoms with Gasteiger partial charge in [-0.05, 0) is 30.7 Å². The molecular weight excluding hydrogens is 320 g/mol. The van der Waals surface area contributed by atoms with E-state index in [-0.39, 0.29) is 17.7 Å². The average molecular weight is 339 g/mol. The van der Waals surface area contributed by atoms with Gasteiger partial charge in [-0.15, -0.1) is 0 Å². The number of anilines is 1. The number of likely N-dealkylation sites (tertiary alicyclic amines) is 1. The van der Waals surface area contributed by atoms with Crippen LogP contribution in [-0.4, -0.2) is 29.8 Å². The number of hydrogen-bond donors (Lipinski definition) is 1. The van der Waals surface area contributed by atoms with E-state index < -0.39 is 0 Å². The maximum atomic E-state index is 12.2. The van der Waals surface area contributed by atoms with Crippen molar-refractivity contribution in [2.24, 2.45) is 5.92 Å². The van der Waals surface area contributed by atoms with E-state index in [1.54, 1.807) is 4.90 Å². The van der Waals surface area contributed by atoms with E-state index >= 15 is 0 Å². The van der Waals surface area contributed by atoms with Crippen molar-refractivity contribution in [1.29, 1.82) is 0 Å². The first kappa shape index (κ1) is 15.0. The normalized spacial score (nSPS) is 18.4. The third-order valence-corrected chi connectivity index (χ3v) is 4.01. The van der Waals surface area contributed by atoms with Crippen molar-refractivity contribution in [1.82, 2.24) is 4.90 Å². The molecular formula is C15H19BrN2O2. The lowest BCUT2D eigenvalue weighted by molar-refractivity contribution is -0.128. The van der Waals surface area contributed by atoms with Gasteiger partial charge in [0.05, 0.1) is 5.92 Å².